The summed E-state index contributed by atoms with van der Waals surface area (Å²) in [6.45, 7) is 3.97. The van der Waals surface area contributed by atoms with E-state index >= 15 is 0 Å². The minimum Gasteiger partial charge on any atom is -0.355 e. The number of hydrogen-bond donors (Lipinski definition) is 2. The van der Waals surface area contributed by atoms with Gasteiger partial charge in [0.2, 0.25) is 5.95 Å². The highest BCUT2D eigenvalue weighted by Crippen LogP contribution is 2.22. The van der Waals surface area contributed by atoms with Gasteiger partial charge in [-0.05, 0) is 30.5 Å². The molecule has 0 bridgehead atoms. The summed E-state index contributed by atoms with van der Waals surface area (Å²) in [5, 5.41) is 3.32. The summed E-state index contributed by atoms with van der Waals surface area (Å²) in [6, 6.07) is 10.4. The average molecular weight is 283 g/mol. The van der Waals surface area contributed by atoms with Gasteiger partial charge in [-0.25, -0.2) is 4.98 Å². The Hall–Kier alpha value is -2.14. The number of para-hydroxylation sites is 1. The summed E-state index contributed by atoms with van der Waals surface area (Å²) in [5.74, 6) is 1.57. The first kappa shape index (κ1) is 13.8. The number of nitrogens with one attached hydrogen (secondary N) is 1. The maximum atomic E-state index is 5.96. The molecular weight excluding hydrogens is 262 g/mol. The van der Waals surface area contributed by atoms with Crippen LogP contribution in [0.4, 0.5) is 17.5 Å². The first-order chi connectivity index (χ1) is 10.3. The van der Waals surface area contributed by atoms with E-state index in [-0.39, 0.29) is 6.04 Å². The van der Waals surface area contributed by atoms with E-state index in [4.69, 9.17) is 5.73 Å². The Kier molecular flexibility index (Phi) is 4.01. The molecule has 1 fully saturated rings. The van der Waals surface area contributed by atoms with Crippen molar-refractivity contribution < 1.29 is 0 Å². The van der Waals surface area contributed by atoms with Gasteiger partial charge < -0.3 is 16.0 Å². The molecule has 3 rings (SSSR count). The van der Waals surface area contributed by atoms with E-state index in [0.717, 1.165) is 37.4 Å². The smallest absolute Gasteiger partial charge is 0.229 e. The summed E-state index contributed by atoms with van der Waals surface area (Å²) in [6.07, 6.45) is 3.79. The van der Waals surface area contributed by atoms with Crippen molar-refractivity contribution in [3.63, 3.8) is 0 Å². The van der Waals surface area contributed by atoms with E-state index in [1.807, 2.05) is 18.2 Å². The third-order valence-corrected chi connectivity index (χ3v) is 3.83. The highest BCUT2D eigenvalue weighted by atomic mass is 15.2. The van der Waals surface area contributed by atoms with E-state index in [1.165, 1.54) is 5.56 Å². The Balaban J connectivity index is 1.80. The third-order valence-electron chi connectivity index (χ3n) is 3.83. The fourth-order valence-corrected chi connectivity index (χ4v) is 2.65. The van der Waals surface area contributed by atoms with Gasteiger partial charge in [0.25, 0.3) is 0 Å². The van der Waals surface area contributed by atoms with E-state index in [1.54, 1.807) is 6.20 Å². The zero-order chi connectivity index (χ0) is 14.7. The molecule has 1 aromatic carbocycles. The molecular formula is C16H21N5. The summed E-state index contributed by atoms with van der Waals surface area (Å²) >= 11 is 0. The van der Waals surface area contributed by atoms with Crippen molar-refractivity contribution in [1.82, 2.24) is 9.97 Å². The molecule has 2 aromatic rings. The lowest BCUT2D eigenvalue weighted by Crippen LogP contribution is -2.27. The van der Waals surface area contributed by atoms with Crippen LogP contribution in [0.25, 0.3) is 0 Å². The van der Waals surface area contributed by atoms with Crippen LogP contribution in [0, 0.1) is 0 Å². The van der Waals surface area contributed by atoms with Crippen LogP contribution in [0.1, 0.15) is 18.9 Å². The molecule has 0 amide bonds. The van der Waals surface area contributed by atoms with Gasteiger partial charge in [-0.2, -0.15) is 4.98 Å². The number of benzene rings is 1. The number of aromatic nitrogens is 2. The molecule has 1 aliphatic heterocycles. The van der Waals surface area contributed by atoms with Crippen LogP contribution in [0.3, 0.4) is 0 Å². The summed E-state index contributed by atoms with van der Waals surface area (Å²) in [4.78, 5) is 11.1. The van der Waals surface area contributed by atoms with Crippen LogP contribution >= 0.6 is 0 Å². The lowest BCUT2D eigenvalue weighted by molar-refractivity contribution is 0.751. The molecule has 0 saturated carbocycles. The molecule has 21 heavy (non-hydrogen) atoms. The Morgan fingerprint density at radius 1 is 1.33 bits per heavy atom. The molecule has 0 aliphatic carbocycles. The lowest BCUT2D eigenvalue weighted by Gasteiger charge is -2.17. The molecule has 5 heteroatoms. The zero-order valence-electron chi connectivity index (χ0n) is 12.3. The van der Waals surface area contributed by atoms with Crippen molar-refractivity contribution in [1.29, 1.82) is 0 Å². The molecule has 0 unspecified atom stereocenters. The van der Waals surface area contributed by atoms with Gasteiger partial charge >= 0.3 is 0 Å². The van der Waals surface area contributed by atoms with Crippen molar-refractivity contribution in [2.45, 2.75) is 25.8 Å². The number of nitrogens with zero attached hydrogens (tertiary/aromatic N) is 3. The molecule has 0 spiro atoms. The highest BCUT2D eigenvalue weighted by molar-refractivity contribution is 5.59. The molecule has 2 heterocycles. The summed E-state index contributed by atoms with van der Waals surface area (Å²) in [7, 11) is 0. The maximum Gasteiger partial charge on any atom is 0.229 e. The Bertz CT molecular complexity index is 613. The molecule has 0 radical (unpaired) electrons. The Labute approximate surface area is 125 Å². The molecule has 1 atom stereocenters. The monoisotopic (exact) mass is 283 g/mol. The van der Waals surface area contributed by atoms with Crippen LogP contribution in [0.5, 0.6) is 0 Å². The van der Waals surface area contributed by atoms with Crippen molar-refractivity contribution in [3.8, 4) is 0 Å². The van der Waals surface area contributed by atoms with E-state index < -0.39 is 0 Å². The second kappa shape index (κ2) is 6.10. The minimum absolute atomic E-state index is 0.247. The van der Waals surface area contributed by atoms with Gasteiger partial charge in [-0.3, -0.25) is 0 Å². The van der Waals surface area contributed by atoms with Crippen LogP contribution in [0.2, 0.25) is 0 Å². The predicted octanol–water partition coefficient (Wildman–Crippen LogP) is 2.32. The highest BCUT2D eigenvalue weighted by Gasteiger charge is 2.20. The minimum atomic E-state index is 0.247. The summed E-state index contributed by atoms with van der Waals surface area (Å²) < 4.78 is 0. The van der Waals surface area contributed by atoms with Crippen LogP contribution < -0.4 is 16.0 Å². The largest absolute Gasteiger partial charge is 0.355 e. The van der Waals surface area contributed by atoms with Gasteiger partial charge in [0.1, 0.15) is 5.82 Å². The number of anilines is 3. The maximum absolute atomic E-state index is 5.96. The Morgan fingerprint density at radius 3 is 2.95 bits per heavy atom. The molecule has 110 valence electrons. The standard InChI is InChI=1S/C16H21N5/c1-2-12-5-3-4-6-14(12)19-16-18-9-7-15(20-16)21-10-8-13(17)11-21/h3-7,9,13H,2,8,10-11,17H2,1H3,(H,18,19,20)/t13-/m1/s1. The first-order valence-corrected chi connectivity index (χ1v) is 7.44. The van der Waals surface area contributed by atoms with Gasteiger partial charge in [-0.1, -0.05) is 25.1 Å². The second-order valence-electron chi connectivity index (χ2n) is 5.37. The Morgan fingerprint density at radius 2 is 2.19 bits per heavy atom. The molecule has 1 saturated heterocycles. The fourth-order valence-electron chi connectivity index (χ4n) is 2.65. The normalized spacial score (nSPS) is 18.0. The number of aryl methyl sites for hydroxylation is 1. The van der Waals surface area contributed by atoms with E-state index in [0.29, 0.717) is 5.95 Å². The van der Waals surface area contributed by atoms with Gasteiger partial charge in [-0.15, -0.1) is 0 Å². The van der Waals surface area contributed by atoms with E-state index in [9.17, 15) is 0 Å². The van der Waals surface area contributed by atoms with Crippen LogP contribution in [0.15, 0.2) is 36.5 Å². The second-order valence-corrected chi connectivity index (χ2v) is 5.37. The van der Waals surface area contributed by atoms with Crippen molar-refractivity contribution in [2.24, 2.45) is 5.73 Å². The lowest BCUT2D eigenvalue weighted by atomic mass is 10.1. The molecule has 5 nitrogen and oxygen atoms in total. The van der Waals surface area contributed by atoms with Crippen LogP contribution in [-0.2, 0) is 6.42 Å². The van der Waals surface area contributed by atoms with Gasteiger partial charge in [0.05, 0.1) is 0 Å². The first-order valence-electron chi connectivity index (χ1n) is 7.44. The number of rotatable bonds is 4. The quantitative estimate of drug-likeness (QED) is 0.901. The summed E-state index contributed by atoms with van der Waals surface area (Å²) in [5.41, 5.74) is 8.29. The molecule has 1 aromatic heterocycles. The van der Waals surface area contributed by atoms with E-state index in [2.05, 4.69) is 39.2 Å². The predicted molar refractivity (Wildman–Crippen MR) is 85.9 cm³/mol. The number of hydrogen-bond acceptors (Lipinski definition) is 5. The zero-order valence-corrected chi connectivity index (χ0v) is 12.3. The van der Waals surface area contributed by atoms with Crippen molar-refractivity contribution >= 4 is 17.5 Å². The molecule has 3 N–H and O–H groups in total. The van der Waals surface area contributed by atoms with Crippen molar-refractivity contribution in [2.75, 3.05) is 23.3 Å². The van der Waals surface area contributed by atoms with Gasteiger partial charge in [0.15, 0.2) is 0 Å². The van der Waals surface area contributed by atoms with Gasteiger partial charge in [0, 0.05) is 31.0 Å². The SMILES string of the molecule is CCc1ccccc1Nc1nccc(N2CC[C@@H](N)C2)n1. The average Bonchev–Trinajstić information content (AvgIpc) is 2.95. The van der Waals surface area contributed by atoms with Crippen molar-refractivity contribution in [3.05, 3.63) is 42.1 Å². The van der Waals surface area contributed by atoms with Crippen LogP contribution in [-0.4, -0.2) is 29.1 Å². The fraction of sp³-hybridized carbons (Fsp3) is 0.375. The topological polar surface area (TPSA) is 67.1 Å². The number of nitrogens with two attached hydrogens (primary N) is 1. The molecule has 1 aliphatic rings. The third kappa shape index (κ3) is 3.13.